The third kappa shape index (κ3) is 3.55. The van der Waals surface area contributed by atoms with Crippen LogP contribution >= 0.6 is 0 Å². The minimum Gasteiger partial charge on any atom is -0.480 e. The van der Waals surface area contributed by atoms with Crippen molar-refractivity contribution in [2.45, 2.75) is 13.1 Å². The molecule has 0 atom stereocenters. The number of hydrogen-bond acceptors (Lipinski definition) is 4. The van der Waals surface area contributed by atoms with Gasteiger partial charge in [-0.2, -0.15) is 5.10 Å². The average molecular weight is 337 g/mol. The zero-order valence-electron chi connectivity index (χ0n) is 13.2. The molecule has 1 heterocycles. The van der Waals surface area contributed by atoms with E-state index in [0.29, 0.717) is 10.1 Å². The van der Waals surface area contributed by atoms with E-state index in [2.05, 4.69) is 5.10 Å². The summed E-state index contributed by atoms with van der Waals surface area (Å²) in [6.07, 6.45) is 0. The Morgan fingerprint density at radius 1 is 0.960 bits per heavy atom. The fourth-order valence-corrected chi connectivity index (χ4v) is 2.47. The quantitative estimate of drug-likeness (QED) is 0.755. The molecule has 0 radical (unpaired) electrons. The molecule has 3 rings (SSSR count). The first kappa shape index (κ1) is 16.4. The fourth-order valence-electron chi connectivity index (χ4n) is 2.47. The van der Waals surface area contributed by atoms with E-state index < -0.39 is 23.8 Å². The summed E-state index contributed by atoms with van der Waals surface area (Å²) in [7, 11) is 0. The van der Waals surface area contributed by atoms with Crippen molar-refractivity contribution in [1.82, 2.24) is 14.3 Å². The SMILES string of the molecule is O=C(O)Cn1c(=O)c(-c2ccccc2)nn(Cc2ccccc2)c1=O. The van der Waals surface area contributed by atoms with Crippen molar-refractivity contribution in [1.29, 1.82) is 0 Å². The van der Waals surface area contributed by atoms with E-state index in [9.17, 15) is 14.4 Å². The number of aliphatic carboxylic acids is 1. The van der Waals surface area contributed by atoms with E-state index in [1.54, 1.807) is 30.3 Å². The highest BCUT2D eigenvalue weighted by Gasteiger charge is 2.16. The van der Waals surface area contributed by atoms with E-state index in [1.807, 2.05) is 30.3 Å². The van der Waals surface area contributed by atoms with Crippen LogP contribution in [0.2, 0.25) is 0 Å². The first-order valence-electron chi connectivity index (χ1n) is 7.59. The summed E-state index contributed by atoms with van der Waals surface area (Å²) in [6, 6.07) is 17.8. The molecule has 0 aliphatic rings. The standard InChI is InChI=1S/C18H15N3O4/c22-15(23)12-20-17(24)16(14-9-5-2-6-10-14)19-21(18(20)25)11-13-7-3-1-4-8-13/h1-10H,11-12H2,(H,22,23). The van der Waals surface area contributed by atoms with Gasteiger partial charge in [-0.25, -0.2) is 14.0 Å². The number of hydrogen-bond donors (Lipinski definition) is 1. The Kier molecular flexibility index (Phi) is 4.56. The van der Waals surface area contributed by atoms with Crippen molar-refractivity contribution in [3.8, 4) is 11.3 Å². The topological polar surface area (TPSA) is 94.2 Å². The molecule has 25 heavy (non-hydrogen) atoms. The van der Waals surface area contributed by atoms with Crippen LogP contribution in [0.4, 0.5) is 0 Å². The normalized spacial score (nSPS) is 10.6. The lowest BCUT2D eigenvalue weighted by atomic mass is 10.2. The highest BCUT2D eigenvalue weighted by molar-refractivity contribution is 5.66. The Morgan fingerprint density at radius 3 is 2.16 bits per heavy atom. The summed E-state index contributed by atoms with van der Waals surface area (Å²) in [5.74, 6) is -1.27. The second-order valence-electron chi connectivity index (χ2n) is 5.43. The maximum absolute atomic E-state index is 12.6. The molecule has 0 unspecified atom stereocenters. The molecule has 126 valence electrons. The minimum absolute atomic E-state index is 0.0392. The van der Waals surface area contributed by atoms with Crippen LogP contribution in [0.3, 0.4) is 0 Å². The molecule has 0 amide bonds. The lowest BCUT2D eigenvalue weighted by Gasteiger charge is -2.11. The van der Waals surface area contributed by atoms with Crippen LogP contribution in [0.1, 0.15) is 5.56 Å². The number of carboxylic acids is 1. The number of rotatable bonds is 5. The molecule has 0 aliphatic heterocycles. The zero-order chi connectivity index (χ0) is 17.8. The van der Waals surface area contributed by atoms with E-state index in [0.717, 1.165) is 10.2 Å². The van der Waals surface area contributed by atoms with Gasteiger partial charge in [0.2, 0.25) is 0 Å². The van der Waals surface area contributed by atoms with Gasteiger partial charge in [0, 0.05) is 5.56 Å². The molecule has 1 N–H and O–H groups in total. The van der Waals surface area contributed by atoms with Gasteiger partial charge in [0.05, 0.1) is 6.54 Å². The van der Waals surface area contributed by atoms with E-state index in [1.165, 1.54) is 0 Å². The van der Waals surface area contributed by atoms with E-state index >= 15 is 0 Å². The van der Waals surface area contributed by atoms with Crippen LogP contribution in [0.25, 0.3) is 11.3 Å². The Morgan fingerprint density at radius 2 is 1.56 bits per heavy atom. The Labute approximate surface area is 142 Å². The molecule has 1 aromatic heterocycles. The molecule has 7 heteroatoms. The molecule has 0 saturated carbocycles. The summed E-state index contributed by atoms with van der Waals surface area (Å²) in [6.45, 7) is -0.575. The van der Waals surface area contributed by atoms with Crippen molar-refractivity contribution in [3.05, 3.63) is 87.1 Å². The van der Waals surface area contributed by atoms with Crippen molar-refractivity contribution in [2.24, 2.45) is 0 Å². The monoisotopic (exact) mass is 337 g/mol. The zero-order valence-corrected chi connectivity index (χ0v) is 13.2. The van der Waals surface area contributed by atoms with Gasteiger partial charge in [0.15, 0.2) is 5.69 Å². The maximum Gasteiger partial charge on any atom is 0.348 e. The van der Waals surface area contributed by atoms with Gasteiger partial charge in [-0.1, -0.05) is 60.7 Å². The smallest absolute Gasteiger partial charge is 0.348 e. The molecule has 2 aromatic carbocycles. The molecular weight excluding hydrogens is 322 g/mol. The Balaban J connectivity index is 2.19. The predicted molar refractivity (Wildman–Crippen MR) is 91.4 cm³/mol. The van der Waals surface area contributed by atoms with Gasteiger partial charge in [-0.3, -0.25) is 9.59 Å². The summed E-state index contributed by atoms with van der Waals surface area (Å²) in [5.41, 5.74) is -0.0960. The van der Waals surface area contributed by atoms with Crippen LogP contribution in [0, 0.1) is 0 Å². The highest BCUT2D eigenvalue weighted by Crippen LogP contribution is 2.11. The van der Waals surface area contributed by atoms with Crippen molar-refractivity contribution < 1.29 is 9.90 Å². The highest BCUT2D eigenvalue weighted by atomic mass is 16.4. The number of carboxylic acid groups (broad SMARTS) is 1. The van der Waals surface area contributed by atoms with Gasteiger partial charge in [-0.15, -0.1) is 0 Å². The largest absolute Gasteiger partial charge is 0.480 e. The van der Waals surface area contributed by atoms with E-state index in [4.69, 9.17) is 5.11 Å². The Bertz CT molecular complexity index is 1010. The molecular formula is C18H15N3O4. The van der Waals surface area contributed by atoms with Gasteiger partial charge < -0.3 is 5.11 Å². The average Bonchev–Trinajstić information content (AvgIpc) is 2.62. The summed E-state index contributed by atoms with van der Waals surface area (Å²) < 4.78 is 1.81. The molecule has 3 aromatic rings. The van der Waals surface area contributed by atoms with Crippen molar-refractivity contribution in [3.63, 3.8) is 0 Å². The van der Waals surface area contributed by atoms with Crippen LogP contribution in [0.15, 0.2) is 70.3 Å². The number of aromatic nitrogens is 3. The first-order chi connectivity index (χ1) is 12.1. The molecule has 0 aliphatic carbocycles. The van der Waals surface area contributed by atoms with Crippen LogP contribution in [-0.4, -0.2) is 25.4 Å². The third-order valence-corrected chi connectivity index (χ3v) is 3.64. The van der Waals surface area contributed by atoms with Gasteiger partial charge >= 0.3 is 11.7 Å². The van der Waals surface area contributed by atoms with Crippen LogP contribution in [0.5, 0.6) is 0 Å². The third-order valence-electron chi connectivity index (χ3n) is 3.64. The van der Waals surface area contributed by atoms with Crippen molar-refractivity contribution in [2.75, 3.05) is 0 Å². The summed E-state index contributed by atoms with van der Waals surface area (Å²) in [5, 5.41) is 13.2. The molecule has 0 saturated heterocycles. The molecule has 0 fully saturated rings. The van der Waals surface area contributed by atoms with E-state index in [-0.39, 0.29) is 12.2 Å². The molecule has 0 bridgehead atoms. The van der Waals surface area contributed by atoms with Gasteiger partial charge in [-0.05, 0) is 5.56 Å². The molecule has 0 spiro atoms. The van der Waals surface area contributed by atoms with Crippen LogP contribution in [-0.2, 0) is 17.9 Å². The lowest BCUT2D eigenvalue weighted by molar-refractivity contribution is -0.137. The maximum atomic E-state index is 12.6. The number of carbonyl (C=O) groups is 1. The summed E-state index contributed by atoms with van der Waals surface area (Å²) >= 11 is 0. The second-order valence-corrected chi connectivity index (χ2v) is 5.43. The van der Waals surface area contributed by atoms with Gasteiger partial charge in [0.25, 0.3) is 5.56 Å². The minimum atomic E-state index is -1.27. The Hall–Kier alpha value is -3.48. The number of nitrogens with zero attached hydrogens (tertiary/aromatic N) is 3. The van der Waals surface area contributed by atoms with Crippen molar-refractivity contribution >= 4 is 5.97 Å². The summed E-state index contributed by atoms with van der Waals surface area (Å²) in [4.78, 5) is 36.1. The fraction of sp³-hybridized carbons (Fsp3) is 0.111. The second kappa shape index (κ2) is 6.96. The lowest BCUT2D eigenvalue weighted by Crippen LogP contribution is -2.44. The predicted octanol–water partition coefficient (Wildman–Crippen LogP) is 1.20. The number of benzene rings is 2. The molecule has 7 nitrogen and oxygen atoms in total. The first-order valence-corrected chi connectivity index (χ1v) is 7.59. The van der Waals surface area contributed by atoms with Crippen LogP contribution < -0.4 is 11.2 Å². The van der Waals surface area contributed by atoms with Gasteiger partial charge in [0.1, 0.15) is 6.54 Å².